The minimum absolute atomic E-state index is 0.183. The first-order chi connectivity index (χ1) is 17.4. The highest BCUT2D eigenvalue weighted by atomic mass is 16.2. The monoisotopic (exact) mass is 479 g/mol. The number of rotatable bonds is 5. The van der Waals surface area contributed by atoms with Gasteiger partial charge < -0.3 is 5.32 Å². The predicted octanol–water partition coefficient (Wildman–Crippen LogP) is 3.51. The zero-order chi connectivity index (χ0) is 25.0. The number of carbonyl (C=O) groups is 3. The van der Waals surface area contributed by atoms with Gasteiger partial charge in [-0.05, 0) is 43.4 Å². The van der Waals surface area contributed by atoms with Crippen molar-refractivity contribution in [3.8, 4) is 0 Å². The maximum atomic E-state index is 14.0. The molecule has 3 aromatic carbocycles. The molecule has 0 radical (unpaired) electrons. The Morgan fingerprint density at radius 2 is 1.53 bits per heavy atom. The third kappa shape index (κ3) is 3.32. The quantitative estimate of drug-likeness (QED) is 0.549. The fraction of sp³-hybridized carbons (Fsp3) is 0.300. The lowest BCUT2D eigenvalue weighted by Gasteiger charge is -2.30. The summed E-state index contributed by atoms with van der Waals surface area (Å²) in [6, 6.07) is 23.5. The highest BCUT2D eigenvalue weighted by Crippen LogP contribution is 2.54. The van der Waals surface area contributed by atoms with E-state index in [-0.39, 0.29) is 23.8 Å². The number of amides is 3. The van der Waals surface area contributed by atoms with Gasteiger partial charge >= 0.3 is 0 Å². The number of benzene rings is 3. The van der Waals surface area contributed by atoms with Crippen molar-refractivity contribution in [2.45, 2.75) is 38.3 Å². The van der Waals surface area contributed by atoms with Gasteiger partial charge in [-0.1, -0.05) is 78.4 Å². The lowest BCUT2D eigenvalue weighted by molar-refractivity contribution is -0.142. The highest BCUT2D eigenvalue weighted by Gasteiger charge is 2.70. The van der Waals surface area contributed by atoms with Crippen molar-refractivity contribution < 1.29 is 14.4 Å². The van der Waals surface area contributed by atoms with Gasteiger partial charge in [0.2, 0.25) is 17.7 Å². The summed E-state index contributed by atoms with van der Waals surface area (Å²) in [5.74, 6) is -2.08. The summed E-state index contributed by atoms with van der Waals surface area (Å²) in [4.78, 5) is 43.0. The molecule has 6 rings (SSSR count). The normalized spacial score (nSPS) is 26.4. The molecule has 6 heteroatoms. The van der Waals surface area contributed by atoms with Crippen LogP contribution in [0.25, 0.3) is 0 Å². The van der Waals surface area contributed by atoms with Crippen LogP contribution in [0.15, 0.2) is 72.8 Å². The Kier molecular flexibility index (Phi) is 5.30. The molecular formula is C30H29N3O3. The Bertz CT molecular complexity index is 1370. The number of anilines is 1. The maximum Gasteiger partial charge on any atom is 0.250 e. The summed E-state index contributed by atoms with van der Waals surface area (Å²) in [7, 11) is 0. The maximum absolute atomic E-state index is 14.0. The van der Waals surface area contributed by atoms with Gasteiger partial charge in [-0.3, -0.25) is 24.6 Å². The van der Waals surface area contributed by atoms with Crippen molar-refractivity contribution in [1.82, 2.24) is 10.2 Å². The van der Waals surface area contributed by atoms with Crippen LogP contribution in [0.3, 0.4) is 0 Å². The van der Waals surface area contributed by atoms with Crippen molar-refractivity contribution in [3.05, 3.63) is 101 Å². The van der Waals surface area contributed by atoms with Crippen LogP contribution in [-0.4, -0.2) is 35.2 Å². The molecule has 36 heavy (non-hydrogen) atoms. The van der Waals surface area contributed by atoms with Crippen LogP contribution in [-0.2, 0) is 32.8 Å². The third-order valence-corrected chi connectivity index (χ3v) is 8.02. The van der Waals surface area contributed by atoms with E-state index in [1.165, 1.54) is 4.90 Å². The molecule has 0 unspecified atom stereocenters. The SMILES string of the molecule is Cc1cc(C)c2c(c1)[C@@]1(N[C@@H](Cc3ccccc3)[C@H]3C(=O)N(CCc4ccccc4)C(=O)[C@H]31)C(=O)N2. The molecular weight excluding hydrogens is 450 g/mol. The number of nitrogens with zero attached hydrogens (tertiary/aromatic N) is 1. The van der Waals surface area contributed by atoms with Crippen LogP contribution in [0.4, 0.5) is 5.69 Å². The number of likely N-dealkylation sites (tertiary alicyclic amines) is 1. The average molecular weight is 480 g/mol. The van der Waals surface area contributed by atoms with Crippen molar-refractivity contribution in [3.63, 3.8) is 0 Å². The molecule has 0 aliphatic carbocycles. The summed E-state index contributed by atoms with van der Waals surface area (Å²) in [5, 5.41) is 6.60. The Balaban J connectivity index is 1.42. The molecule has 3 heterocycles. The van der Waals surface area contributed by atoms with Gasteiger partial charge in [-0.15, -0.1) is 0 Å². The van der Waals surface area contributed by atoms with Crippen molar-refractivity contribution >= 4 is 23.4 Å². The Labute approximate surface area is 210 Å². The van der Waals surface area contributed by atoms with Crippen LogP contribution in [0.1, 0.15) is 27.8 Å². The van der Waals surface area contributed by atoms with E-state index in [9.17, 15) is 14.4 Å². The predicted molar refractivity (Wildman–Crippen MR) is 137 cm³/mol. The largest absolute Gasteiger partial charge is 0.324 e. The summed E-state index contributed by atoms with van der Waals surface area (Å²) < 4.78 is 0. The van der Waals surface area contributed by atoms with Gasteiger partial charge in [0.15, 0.2) is 0 Å². The number of carbonyl (C=O) groups excluding carboxylic acids is 3. The first kappa shape index (κ1) is 22.7. The van der Waals surface area contributed by atoms with E-state index in [2.05, 4.69) is 10.6 Å². The van der Waals surface area contributed by atoms with E-state index in [1.807, 2.05) is 86.6 Å². The van der Waals surface area contributed by atoms with E-state index >= 15 is 0 Å². The summed E-state index contributed by atoms with van der Waals surface area (Å²) in [6.07, 6.45) is 1.14. The molecule has 1 spiro atoms. The van der Waals surface area contributed by atoms with Crippen LogP contribution >= 0.6 is 0 Å². The summed E-state index contributed by atoms with van der Waals surface area (Å²) in [5.41, 5.74) is 4.38. The minimum Gasteiger partial charge on any atom is -0.324 e. The van der Waals surface area contributed by atoms with Crippen LogP contribution < -0.4 is 10.6 Å². The van der Waals surface area contributed by atoms with Gasteiger partial charge in [0, 0.05) is 23.8 Å². The standard InChI is InChI=1S/C30H29N3O3/c1-18-15-19(2)26-22(16-18)30(29(36)31-26)25-24(23(32-30)17-21-11-7-4-8-12-21)27(34)33(28(25)35)14-13-20-9-5-3-6-10-20/h3-12,15-16,23-25,32H,13-14,17H2,1-2H3,(H,31,36)/t23-,24+,25-,30-/m0/s1. The number of nitrogens with one attached hydrogen (secondary N) is 2. The molecule has 0 bridgehead atoms. The number of fused-ring (bicyclic) bond motifs is 4. The van der Waals surface area contributed by atoms with E-state index in [4.69, 9.17) is 0 Å². The van der Waals surface area contributed by atoms with Crippen molar-refractivity contribution in [1.29, 1.82) is 0 Å². The highest BCUT2D eigenvalue weighted by molar-refractivity contribution is 6.15. The summed E-state index contributed by atoms with van der Waals surface area (Å²) >= 11 is 0. The van der Waals surface area contributed by atoms with E-state index in [0.717, 1.165) is 33.5 Å². The van der Waals surface area contributed by atoms with E-state index in [1.54, 1.807) is 0 Å². The fourth-order valence-electron chi connectivity index (χ4n) is 6.47. The molecule has 4 atom stereocenters. The van der Waals surface area contributed by atoms with Gasteiger partial charge in [-0.25, -0.2) is 0 Å². The second kappa shape index (κ2) is 8.42. The number of hydrogen-bond acceptors (Lipinski definition) is 4. The topological polar surface area (TPSA) is 78.5 Å². The number of aryl methyl sites for hydroxylation is 2. The van der Waals surface area contributed by atoms with Gasteiger partial charge in [0.25, 0.3) is 0 Å². The lowest BCUT2D eigenvalue weighted by Crippen LogP contribution is -2.53. The Morgan fingerprint density at radius 1 is 0.861 bits per heavy atom. The second-order valence-electron chi connectivity index (χ2n) is 10.3. The first-order valence-electron chi connectivity index (χ1n) is 12.5. The number of imide groups is 1. The molecule has 0 saturated carbocycles. The zero-order valence-corrected chi connectivity index (χ0v) is 20.5. The molecule has 3 aliphatic heterocycles. The molecule has 0 aromatic heterocycles. The molecule has 2 saturated heterocycles. The molecule has 182 valence electrons. The fourth-order valence-corrected chi connectivity index (χ4v) is 6.47. The average Bonchev–Trinajstić information content (AvgIpc) is 3.44. The minimum atomic E-state index is -1.26. The van der Waals surface area contributed by atoms with E-state index in [0.29, 0.717) is 19.4 Å². The molecule has 3 aliphatic rings. The van der Waals surface area contributed by atoms with Gasteiger partial charge in [-0.2, -0.15) is 0 Å². The molecule has 6 nitrogen and oxygen atoms in total. The Hall–Kier alpha value is -3.77. The molecule has 3 aromatic rings. The number of hydrogen-bond donors (Lipinski definition) is 2. The van der Waals surface area contributed by atoms with E-state index < -0.39 is 17.4 Å². The van der Waals surface area contributed by atoms with Crippen molar-refractivity contribution in [2.24, 2.45) is 11.8 Å². The van der Waals surface area contributed by atoms with Gasteiger partial charge in [0.1, 0.15) is 5.54 Å². The molecule has 2 N–H and O–H groups in total. The Morgan fingerprint density at radius 3 is 2.22 bits per heavy atom. The van der Waals surface area contributed by atoms with Crippen LogP contribution in [0, 0.1) is 25.7 Å². The zero-order valence-electron chi connectivity index (χ0n) is 20.5. The third-order valence-electron chi connectivity index (χ3n) is 8.02. The smallest absolute Gasteiger partial charge is 0.250 e. The molecule has 2 fully saturated rings. The van der Waals surface area contributed by atoms with Gasteiger partial charge in [0.05, 0.1) is 11.8 Å². The van der Waals surface area contributed by atoms with Crippen LogP contribution in [0.2, 0.25) is 0 Å². The first-order valence-corrected chi connectivity index (χ1v) is 12.5. The second-order valence-corrected chi connectivity index (χ2v) is 10.3. The summed E-state index contributed by atoms with van der Waals surface area (Å²) in [6.45, 7) is 4.27. The van der Waals surface area contributed by atoms with Crippen molar-refractivity contribution in [2.75, 3.05) is 11.9 Å². The molecule has 3 amide bonds. The lowest BCUT2D eigenvalue weighted by atomic mass is 9.75. The van der Waals surface area contributed by atoms with Crippen LogP contribution in [0.5, 0.6) is 0 Å².